The van der Waals surface area contributed by atoms with Crippen molar-refractivity contribution in [3.63, 3.8) is 0 Å². The number of thioether (sulfide) groups is 1. The van der Waals surface area contributed by atoms with Gasteiger partial charge in [0.1, 0.15) is 0 Å². The third-order valence-corrected chi connectivity index (χ3v) is 5.57. The van der Waals surface area contributed by atoms with Crippen LogP contribution in [-0.4, -0.2) is 23.6 Å². The average molecular weight is 243 g/mol. The molecule has 0 aromatic rings. The molecule has 2 heteroatoms. The van der Waals surface area contributed by atoms with Crippen LogP contribution in [0.3, 0.4) is 0 Å². The topological polar surface area (TPSA) is 12.0 Å². The van der Waals surface area contributed by atoms with Crippen molar-refractivity contribution in [1.82, 2.24) is 5.32 Å². The summed E-state index contributed by atoms with van der Waals surface area (Å²) >= 11 is 2.18. The molecule has 1 rings (SSSR count). The van der Waals surface area contributed by atoms with Gasteiger partial charge in [0.25, 0.3) is 0 Å². The van der Waals surface area contributed by atoms with Gasteiger partial charge >= 0.3 is 0 Å². The first-order valence-electron chi connectivity index (χ1n) is 7.04. The maximum atomic E-state index is 3.55. The number of rotatable bonds is 8. The van der Waals surface area contributed by atoms with Crippen LogP contribution in [0, 0.1) is 0 Å². The molecule has 0 aromatic carbocycles. The summed E-state index contributed by atoms with van der Waals surface area (Å²) in [5, 5.41) is 3.55. The van der Waals surface area contributed by atoms with E-state index in [1.807, 2.05) is 0 Å². The summed E-state index contributed by atoms with van der Waals surface area (Å²) in [5.74, 6) is 1.37. The SMILES string of the molecule is CCCCCCCC(NC)C1(C)CCCS1. The average Bonchev–Trinajstić information content (AvgIpc) is 2.71. The Hall–Kier alpha value is 0.310. The van der Waals surface area contributed by atoms with Gasteiger partial charge in [-0.15, -0.1) is 0 Å². The van der Waals surface area contributed by atoms with E-state index in [2.05, 4.69) is 38.0 Å². The van der Waals surface area contributed by atoms with Crippen LogP contribution in [0.2, 0.25) is 0 Å². The van der Waals surface area contributed by atoms with Crippen LogP contribution in [0.4, 0.5) is 0 Å². The summed E-state index contributed by atoms with van der Waals surface area (Å²) in [4.78, 5) is 0. The van der Waals surface area contributed by atoms with Gasteiger partial charge < -0.3 is 5.32 Å². The fraction of sp³-hybridized carbons (Fsp3) is 1.00. The maximum Gasteiger partial charge on any atom is 0.0285 e. The van der Waals surface area contributed by atoms with Gasteiger partial charge in [0.2, 0.25) is 0 Å². The Bertz CT molecular complexity index is 176. The summed E-state index contributed by atoms with van der Waals surface area (Å²) < 4.78 is 0.513. The van der Waals surface area contributed by atoms with E-state index >= 15 is 0 Å². The predicted octanol–water partition coefficient (Wildman–Crippen LogP) is 4.22. The molecule has 0 aromatic heterocycles. The summed E-state index contributed by atoms with van der Waals surface area (Å²) in [6.07, 6.45) is 11.2. The lowest BCUT2D eigenvalue weighted by Gasteiger charge is -2.33. The molecule has 2 atom stereocenters. The minimum atomic E-state index is 0.513. The normalized spacial score (nSPS) is 27.2. The number of nitrogens with one attached hydrogen (secondary N) is 1. The van der Waals surface area contributed by atoms with E-state index in [0.717, 1.165) is 6.04 Å². The fourth-order valence-corrected chi connectivity index (χ4v) is 4.26. The number of hydrogen-bond acceptors (Lipinski definition) is 2. The molecule has 0 spiro atoms. The van der Waals surface area contributed by atoms with Crippen molar-refractivity contribution in [2.45, 2.75) is 76.0 Å². The first-order chi connectivity index (χ1) is 7.73. The molecule has 0 saturated carbocycles. The predicted molar refractivity (Wildman–Crippen MR) is 76.3 cm³/mol. The molecule has 1 aliphatic heterocycles. The van der Waals surface area contributed by atoms with Crippen LogP contribution in [0.1, 0.15) is 65.2 Å². The van der Waals surface area contributed by atoms with Gasteiger partial charge in [0, 0.05) is 10.8 Å². The molecule has 1 heterocycles. The van der Waals surface area contributed by atoms with Crippen molar-refractivity contribution < 1.29 is 0 Å². The molecule has 96 valence electrons. The van der Waals surface area contributed by atoms with Crippen LogP contribution in [-0.2, 0) is 0 Å². The highest BCUT2D eigenvalue weighted by atomic mass is 32.2. The number of hydrogen-bond donors (Lipinski definition) is 1. The van der Waals surface area contributed by atoms with Gasteiger partial charge in [-0.05, 0) is 39.0 Å². The maximum absolute atomic E-state index is 3.55. The van der Waals surface area contributed by atoms with E-state index in [1.54, 1.807) is 0 Å². The van der Waals surface area contributed by atoms with E-state index < -0.39 is 0 Å². The third kappa shape index (κ3) is 4.29. The Balaban J connectivity index is 2.21. The Labute approximate surface area is 106 Å². The van der Waals surface area contributed by atoms with Crippen LogP contribution in [0.25, 0.3) is 0 Å². The van der Waals surface area contributed by atoms with E-state index in [4.69, 9.17) is 0 Å². The first-order valence-corrected chi connectivity index (χ1v) is 8.02. The summed E-state index contributed by atoms with van der Waals surface area (Å²) in [7, 11) is 2.14. The van der Waals surface area contributed by atoms with E-state index in [0.29, 0.717) is 4.75 Å². The van der Waals surface area contributed by atoms with Gasteiger partial charge in [-0.1, -0.05) is 39.0 Å². The first kappa shape index (κ1) is 14.4. The lowest BCUT2D eigenvalue weighted by atomic mass is 9.91. The second-order valence-electron chi connectivity index (χ2n) is 5.31. The summed E-state index contributed by atoms with van der Waals surface area (Å²) in [6, 6.07) is 0.724. The van der Waals surface area contributed by atoms with Gasteiger partial charge in [0.15, 0.2) is 0 Å². The fourth-order valence-electron chi connectivity index (χ4n) is 2.78. The molecule has 0 bridgehead atoms. The van der Waals surface area contributed by atoms with Crippen LogP contribution < -0.4 is 5.32 Å². The Morgan fingerprint density at radius 3 is 2.56 bits per heavy atom. The molecule has 0 aliphatic carbocycles. The van der Waals surface area contributed by atoms with Crippen molar-refractivity contribution in [3.8, 4) is 0 Å². The minimum absolute atomic E-state index is 0.513. The summed E-state index contributed by atoms with van der Waals surface area (Å²) in [5.41, 5.74) is 0. The molecule has 1 aliphatic rings. The van der Waals surface area contributed by atoms with Crippen LogP contribution in [0.15, 0.2) is 0 Å². The van der Waals surface area contributed by atoms with Crippen molar-refractivity contribution >= 4 is 11.8 Å². The van der Waals surface area contributed by atoms with Gasteiger partial charge in [-0.2, -0.15) is 11.8 Å². The highest BCUT2D eigenvalue weighted by Gasteiger charge is 2.36. The third-order valence-electron chi connectivity index (χ3n) is 3.93. The lowest BCUT2D eigenvalue weighted by Crippen LogP contribution is -2.43. The van der Waals surface area contributed by atoms with E-state index in [9.17, 15) is 0 Å². The van der Waals surface area contributed by atoms with Crippen molar-refractivity contribution in [2.24, 2.45) is 0 Å². The second kappa shape index (κ2) is 7.60. The van der Waals surface area contributed by atoms with Gasteiger partial charge in [0.05, 0.1) is 0 Å². The van der Waals surface area contributed by atoms with Crippen molar-refractivity contribution in [1.29, 1.82) is 0 Å². The highest BCUT2D eigenvalue weighted by Crippen LogP contribution is 2.41. The molecular weight excluding hydrogens is 214 g/mol. The zero-order valence-corrected chi connectivity index (χ0v) is 12.2. The lowest BCUT2D eigenvalue weighted by molar-refractivity contribution is 0.388. The van der Waals surface area contributed by atoms with E-state index in [1.165, 1.54) is 57.1 Å². The number of unbranched alkanes of at least 4 members (excludes halogenated alkanes) is 4. The molecular formula is C14H29NS. The zero-order valence-electron chi connectivity index (χ0n) is 11.3. The van der Waals surface area contributed by atoms with Crippen LogP contribution in [0.5, 0.6) is 0 Å². The van der Waals surface area contributed by atoms with Crippen molar-refractivity contribution in [3.05, 3.63) is 0 Å². The molecule has 1 N–H and O–H groups in total. The summed E-state index contributed by atoms with van der Waals surface area (Å²) in [6.45, 7) is 4.74. The van der Waals surface area contributed by atoms with Gasteiger partial charge in [-0.25, -0.2) is 0 Å². The quantitative estimate of drug-likeness (QED) is 0.641. The molecule has 1 nitrogen and oxygen atoms in total. The molecule has 2 unspecified atom stereocenters. The van der Waals surface area contributed by atoms with E-state index in [-0.39, 0.29) is 0 Å². The Morgan fingerprint density at radius 2 is 2.00 bits per heavy atom. The monoisotopic (exact) mass is 243 g/mol. The second-order valence-corrected chi connectivity index (χ2v) is 6.94. The Morgan fingerprint density at radius 1 is 1.25 bits per heavy atom. The van der Waals surface area contributed by atoms with Crippen molar-refractivity contribution in [2.75, 3.05) is 12.8 Å². The van der Waals surface area contributed by atoms with Gasteiger partial charge in [-0.3, -0.25) is 0 Å². The van der Waals surface area contributed by atoms with Crippen LogP contribution >= 0.6 is 11.8 Å². The standard InChI is InChI=1S/C14H29NS/c1-4-5-6-7-8-10-13(15-3)14(2)11-9-12-16-14/h13,15H,4-12H2,1-3H3. The molecule has 0 amide bonds. The largest absolute Gasteiger partial charge is 0.316 e. The Kier molecular flexibility index (Phi) is 6.83. The molecule has 1 saturated heterocycles. The smallest absolute Gasteiger partial charge is 0.0285 e. The molecule has 0 radical (unpaired) electrons. The zero-order chi connectivity index (χ0) is 11.9. The molecule has 16 heavy (non-hydrogen) atoms. The highest BCUT2D eigenvalue weighted by molar-refractivity contribution is 8.00. The molecule has 1 fully saturated rings. The minimum Gasteiger partial charge on any atom is -0.316 e.